The summed E-state index contributed by atoms with van der Waals surface area (Å²) in [5.41, 5.74) is 1.44. The molecule has 0 spiro atoms. The van der Waals surface area contributed by atoms with E-state index in [1.165, 1.54) is 5.56 Å². The maximum absolute atomic E-state index is 12.3. The third-order valence-electron chi connectivity index (χ3n) is 8.28. The van der Waals surface area contributed by atoms with E-state index in [9.17, 15) is 19.8 Å². The number of hydrogen-bond donors (Lipinski definition) is 3. The molecule has 7 nitrogen and oxygen atoms in total. The average Bonchev–Trinajstić information content (AvgIpc) is 3.47. The molecule has 2 fully saturated rings. The third kappa shape index (κ3) is 6.56. The van der Waals surface area contributed by atoms with Crippen molar-refractivity contribution in [3.63, 3.8) is 0 Å². The number of aliphatic hydroxyl groups is 2. The number of ether oxygens (including phenoxy) is 2. The molecule has 7 heteroatoms. The van der Waals surface area contributed by atoms with Crippen LogP contribution in [0.5, 0.6) is 5.75 Å². The lowest BCUT2D eigenvalue weighted by Gasteiger charge is -2.32. The van der Waals surface area contributed by atoms with Crippen molar-refractivity contribution >= 4 is 11.9 Å². The Labute approximate surface area is 207 Å². The predicted octanol–water partition coefficient (Wildman–Crippen LogP) is 4.05. The minimum Gasteiger partial charge on any atom is -0.482 e. The maximum atomic E-state index is 12.3. The Morgan fingerprint density at radius 2 is 1.97 bits per heavy atom. The summed E-state index contributed by atoms with van der Waals surface area (Å²) in [6.45, 7) is 1.92. The van der Waals surface area contributed by atoms with Gasteiger partial charge in [-0.1, -0.05) is 38.3 Å². The normalized spacial score (nSPS) is 26.9. The van der Waals surface area contributed by atoms with Gasteiger partial charge in [0, 0.05) is 0 Å². The van der Waals surface area contributed by atoms with E-state index in [0.717, 1.165) is 63.4 Å². The molecule has 3 aliphatic rings. The number of hydrogen-bond acceptors (Lipinski definition) is 6. The minimum atomic E-state index is -0.967. The molecule has 2 saturated carbocycles. The van der Waals surface area contributed by atoms with E-state index in [1.807, 2.05) is 12.1 Å². The number of carboxylic acids is 1. The summed E-state index contributed by atoms with van der Waals surface area (Å²) in [6.07, 6.45) is 8.60. The van der Waals surface area contributed by atoms with Gasteiger partial charge in [0.25, 0.3) is 0 Å². The Morgan fingerprint density at radius 3 is 2.69 bits per heavy atom. The van der Waals surface area contributed by atoms with Crippen LogP contribution in [0.2, 0.25) is 0 Å². The number of fused-ring (bicyclic) bond motifs is 2. The van der Waals surface area contributed by atoms with Gasteiger partial charge in [0.1, 0.15) is 11.4 Å². The van der Waals surface area contributed by atoms with Crippen molar-refractivity contribution in [3.05, 3.63) is 29.3 Å². The maximum Gasteiger partial charge on any atom is 0.344 e. The van der Waals surface area contributed by atoms with Crippen molar-refractivity contribution in [1.82, 2.24) is 0 Å². The van der Waals surface area contributed by atoms with Gasteiger partial charge in [-0.2, -0.15) is 0 Å². The zero-order chi connectivity index (χ0) is 25.0. The van der Waals surface area contributed by atoms with Crippen LogP contribution in [0, 0.1) is 17.8 Å². The lowest BCUT2D eigenvalue weighted by atomic mass is 9.73. The summed E-state index contributed by atoms with van der Waals surface area (Å²) in [4.78, 5) is 23.3. The van der Waals surface area contributed by atoms with E-state index in [2.05, 4.69) is 13.0 Å². The Morgan fingerprint density at radius 1 is 1.17 bits per heavy atom. The lowest BCUT2D eigenvalue weighted by molar-refractivity contribution is -0.157. The van der Waals surface area contributed by atoms with Crippen LogP contribution in [-0.2, 0) is 27.2 Å². The number of aliphatic carboxylic acids is 1. The summed E-state index contributed by atoms with van der Waals surface area (Å²) < 4.78 is 11.3. The largest absolute Gasteiger partial charge is 0.482 e. The molecule has 0 saturated heterocycles. The van der Waals surface area contributed by atoms with Crippen molar-refractivity contribution in [2.45, 2.75) is 102 Å². The zero-order valence-electron chi connectivity index (χ0n) is 20.8. The first kappa shape index (κ1) is 26.0. The molecular formula is C28H40O7. The highest BCUT2D eigenvalue weighted by atomic mass is 16.6. The molecule has 0 bridgehead atoms. The Kier molecular flexibility index (Phi) is 8.38. The summed E-state index contributed by atoms with van der Waals surface area (Å²) >= 11 is 0. The topological polar surface area (TPSA) is 113 Å². The summed E-state index contributed by atoms with van der Waals surface area (Å²) in [6, 6.07) is 5.90. The molecular weight excluding hydrogens is 448 g/mol. The van der Waals surface area contributed by atoms with E-state index in [4.69, 9.17) is 14.6 Å². The molecule has 1 aromatic carbocycles. The highest BCUT2D eigenvalue weighted by Crippen LogP contribution is 2.48. The second kappa shape index (κ2) is 11.3. The average molecular weight is 489 g/mol. The Balaban J connectivity index is 1.33. The highest BCUT2D eigenvalue weighted by Gasteiger charge is 2.49. The minimum absolute atomic E-state index is 0.165. The van der Waals surface area contributed by atoms with Gasteiger partial charge < -0.3 is 24.8 Å². The molecule has 0 radical (unpaired) electrons. The fraction of sp³-hybridized carbons (Fsp3) is 0.714. The standard InChI is InChI=1S/C28H40O7/c1-2-3-4-7-20(29)9-10-21-22-13-18-6-5-8-25(23(18)14-19(22)15-24(21)30)34-17-27(33)35-28(11-12-28)16-26(31)32/h5-6,8,19-22,24,29-30H,2-4,7,9-17H2,1H3,(H,31,32)/t19-,20-,21+,22-,24+/m0/s1. The second-order valence-electron chi connectivity index (χ2n) is 10.9. The van der Waals surface area contributed by atoms with Crippen LogP contribution in [-0.4, -0.2) is 51.7 Å². The van der Waals surface area contributed by atoms with Gasteiger partial charge in [-0.3, -0.25) is 4.79 Å². The van der Waals surface area contributed by atoms with E-state index in [1.54, 1.807) is 0 Å². The molecule has 5 atom stereocenters. The lowest BCUT2D eigenvalue weighted by Crippen LogP contribution is -2.29. The second-order valence-corrected chi connectivity index (χ2v) is 10.9. The third-order valence-corrected chi connectivity index (χ3v) is 8.28. The quantitative estimate of drug-likeness (QED) is 0.284. The SMILES string of the molecule is CCCCC[C@H](O)CC[C@@H]1[C@H]2Cc3cccc(OCC(=O)OC4(CC(=O)O)CC4)c3C[C@H]2C[C@H]1O. The molecule has 3 aliphatic carbocycles. The van der Waals surface area contributed by atoms with Gasteiger partial charge in [0.2, 0.25) is 0 Å². The fourth-order valence-electron chi connectivity index (χ4n) is 6.24. The molecule has 194 valence electrons. The molecule has 0 unspecified atom stereocenters. The number of carboxylic acid groups (broad SMARTS) is 1. The first-order valence-corrected chi connectivity index (χ1v) is 13.3. The summed E-state index contributed by atoms with van der Waals surface area (Å²) in [5, 5.41) is 30.2. The predicted molar refractivity (Wildman–Crippen MR) is 130 cm³/mol. The number of esters is 1. The number of carbonyl (C=O) groups excluding carboxylic acids is 1. The van der Waals surface area contributed by atoms with Crippen molar-refractivity contribution in [2.75, 3.05) is 6.61 Å². The zero-order valence-corrected chi connectivity index (χ0v) is 20.8. The van der Waals surface area contributed by atoms with Crippen LogP contribution >= 0.6 is 0 Å². The van der Waals surface area contributed by atoms with E-state index in [0.29, 0.717) is 30.4 Å². The number of benzene rings is 1. The van der Waals surface area contributed by atoms with Crippen molar-refractivity contribution in [1.29, 1.82) is 0 Å². The molecule has 0 aliphatic heterocycles. The molecule has 35 heavy (non-hydrogen) atoms. The van der Waals surface area contributed by atoms with E-state index >= 15 is 0 Å². The number of unbranched alkanes of at least 4 members (excludes halogenated alkanes) is 2. The van der Waals surface area contributed by atoms with Crippen LogP contribution in [0.15, 0.2) is 18.2 Å². The van der Waals surface area contributed by atoms with E-state index in [-0.39, 0.29) is 31.2 Å². The molecule has 1 aromatic rings. The molecule has 0 amide bonds. The molecule has 4 rings (SSSR count). The Hall–Kier alpha value is -2.12. The van der Waals surface area contributed by atoms with Crippen LogP contribution in [0.3, 0.4) is 0 Å². The highest BCUT2D eigenvalue weighted by molar-refractivity contribution is 5.74. The van der Waals surface area contributed by atoms with Gasteiger partial charge in [0.05, 0.1) is 18.6 Å². The summed E-state index contributed by atoms with van der Waals surface area (Å²) in [5.74, 6) is 0.130. The van der Waals surface area contributed by atoms with Gasteiger partial charge in [-0.05, 0) is 86.3 Å². The Bertz CT molecular complexity index is 893. The van der Waals surface area contributed by atoms with E-state index < -0.39 is 17.5 Å². The van der Waals surface area contributed by atoms with Crippen LogP contribution in [0.1, 0.15) is 82.3 Å². The smallest absolute Gasteiger partial charge is 0.344 e. The van der Waals surface area contributed by atoms with Crippen molar-refractivity contribution in [2.24, 2.45) is 17.8 Å². The van der Waals surface area contributed by atoms with Crippen LogP contribution < -0.4 is 4.74 Å². The first-order valence-electron chi connectivity index (χ1n) is 13.3. The van der Waals surface area contributed by atoms with Crippen molar-refractivity contribution < 1.29 is 34.4 Å². The van der Waals surface area contributed by atoms with Gasteiger partial charge in [0.15, 0.2) is 6.61 Å². The monoisotopic (exact) mass is 488 g/mol. The number of aliphatic hydroxyl groups excluding tert-OH is 2. The molecule has 3 N–H and O–H groups in total. The summed E-state index contributed by atoms with van der Waals surface area (Å²) in [7, 11) is 0. The fourth-order valence-corrected chi connectivity index (χ4v) is 6.24. The number of carbonyl (C=O) groups is 2. The van der Waals surface area contributed by atoms with Gasteiger partial charge in [-0.15, -0.1) is 0 Å². The van der Waals surface area contributed by atoms with Crippen molar-refractivity contribution in [3.8, 4) is 5.75 Å². The molecule has 0 heterocycles. The van der Waals surface area contributed by atoms with Gasteiger partial charge in [-0.25, -0.2) is 4.79 Å². The van der Waals surface area contributed by atoms with Gasteiger partial charge >= 0.3 is 11.9 Å². The first-order chi connectivity index (χ1) is 16.8. The van der Waals surface area contributed by atoms with Crippen LogP contribution in [0.4, 0.5) is 0 Å². The molecule has 0 aromatic heterocycles. The van der Waals surface area contributed by atoms with Crippen LogP contribution in [0.25, 0.3) is 0 Å². The number of rotatable bonds is 13.